The van der Waals surface area contributed by atoms with Crippen LogP contribution in [0, 0.1) is 11.3 Å². The van der Waals surface area contributed by atoms with E-state index in [4.69, 9.17) is 0 Å². The van der Waals surface area contributed by atoms with E-state index in [1.807, 2.05) is 20.9 Å². The Bertz CT molecular complexity index is 95.3. The average Bonchev–Trinajstić information content (AvgIpc) is 2.08. The van der Waals surface area contributed by atoms with Crippen molar-refractivity contribution < 1.29 is 0 Å². The van der Waals surface area contributed by atoms with Crippen molar-refractivity contribution in [2.75, 3.05) is 13.6 Å². The first-order valence-corrected chi connectivity index (χ1v) is 5.65. The third-order valence-electron chi connectivity index (χ3n) is 2.81. The summed E-state index contributed by atoms with van der Waals surface area (Å²) in [5.74, 6) is 0.791. The highest BCUT2D eigenvalue weighted by Gasteiger charge is 2.20. The van der Waals surface area contributed by atoms with Crippen LogP contribution in [0.15, 0.2) is 0 Å². The number of hydrogen-bond acceptors (Lipinski definition) is 1. The normalized spacial score (nSPS) is 11.1. The molecule has 0 saturated heterocycles. The van der Waals surface area contributed by atoms with Crippen LogP contribution in [0.4, 0.5) is 0 Å². The molecule has 0 aliphatic carbocycles. The van der Waals surface area contributed by atoms with Crippen molar-refractivity contribution in [1.82, 2.24) is 5.32 Å². The number of nitrogens with one attached hydrogen (secondary N) is 1. The fraction of sp³-hybridized carbons (Fsp3) is 1.00. The van der Waals surface area contributed by atoms with Gasteiger partial charge in [0, 0.05) is 0 Å². The Hall–Kier alpha value is -0.0400. The summed E-state index contributed by atoms with van der Waals surface area (Å²) < 4.78 is 0. The molecule has 0 heterocycles. The lowest BCUT2D eigenvalue weighted by atomic mass is 9.77. The molecule has 1 heteroatoms. The van der Waals surface area contributed by atoms with Crippen LogP contribution in [-0.2, 0) is 0 Å². The quantitative estimate of drug-likeness (QED) is 0.647. The third-order valence-corrected chi connectivity index (χ3v) is 2.81. The Morgan fingerprint density at radius 1 is 1.15 bits per heavy atom. The lowest BCUT2D eigenvalue weighted by molar-refractivity contribution is 0.223. The summed E-state index contributed by atoms with van der Waals surface area (Å²) in [6, 6.07) is 0. The second-order valence-electron chi connectivity index (χ2n) is 4.35. The Morgan fingerprint density at radius 3 is 1.92 bits per heavy atom. The summed E-state index contributed by atoms with van der Waals surface area (Å²) in [4.78, 5) is 0. The second kappa shape index (κ2) is 8.55. The zero-order chi connectivity index (χ0) is 10.9. The van der Waals surface area contributed by atoms with Crippen LogP contribution < -0.4 is 5.32 Å². The summed E-state index contributed by atoms with van der Waals surface area (Å²) in [5, 5.41) is 3.18. The molecule has 0 unspecified atom stereocenters. The third kappa shape index (κ3) is 8.29. The summed E-state index contributed by atoms with van der Waals surface area (Å²) in [7, 11) is 2.02. The zero-order valence-electron chi connectivity index (χ0n) is 10.7. The molecule has 13 heavy (non-hydrogen) atoms. The van der Waals surface area contributed by atoms with Crippen LogP contribution in [0.2, 0.25) is 0 Å². The van der Waals surface area contributed by atoms with Crippen LogP contribution in [0.5, 0.6) is 0 Å². The van der Waals surface area contributed by atoms with Gasteiger partial charge in [0.15, 0.2) is 0 Å². The molecular formula is C12H29N. The smallest absolute Gasteiger partial charge is 0.00517 e. The minimum atomic E-state index is 0.511. The van der Waals surface area contributed by atoms with E-state index < -0.39 is 0 Å². The molecule has 0 radical (unpaired) electrons. The standard InChI is InChI=1S/C10H23N.C2H6/c1-9(2)10(3,4)7-6-8-11-5;1-2/h9,11H,6-8H2,1-5H3;1-2H3. The van der Waals surface area contributed by atoms with Crippen molar-refractivity contribution in [3.63, 3.8) is 0 Å². The first-order valence-electron chi connectivity index (χ1n) is 5.65. The molecule has 0 aliphatic rings. The number of hydrogen-bond donors (Lipinski definition) is 1. The Morgan fingerprint density at radius 2 is 1.62 bits per heavy atom. The lowest BCUT2D eigenvalue weighted by Crippen LogP contribution is -2.21. The monoisotopic (exact) mass is 187 g/mol. The van der Waals surface area contributed by atoms with Gasteiger partial charge < -0.3 is 5.32 Å². The highest BCUT2D eigenvalue weighted by atomic mass is 14.8. The molecule has 0 aliphatic heterocycles. The van der Waals surface area contributed by atoms with Gasteiger partial charge in [-0.15, -0.1) is 0 Å². The van der Waals surface area contributed by atoms with Gasteiger partial charge in [0.2, 0.25) is 0 Å². The highest BCUT2D eigenvalue weighted by Crippen LogP contribution is 2.30. The van der Waals surface area contributed by atoms with Gasteiger partial charge in [-0.1, -0.05) is 41.5 Å². The van der Waals surface area contributed by atoms with Crippen molar-refractivity contribution >= 4 is 0 Å². The van der Waals surface area contributed by atoms with Crippen molar-refractivity contribution in [1.29, 1.82) is 0 Å². The molecule has 0 aromatic heterocycles. The van der Waals surface area contributed by atoms with Crippen LogP contribution >= 0.6 is 0 Å². The maximum Gasteiger partial charge on any atom is -0.00517 e. The van der Waals surface area contributed by atoms with Gasteiger partial charge in [0.25, 0.3) is 0 Å². The Labute approximate surface area is 85.3 Å². The van der Waals surface area contributed by atoms with Gasteiger partial charge in [-0.05, 0) is 37.8 Å². The van der Waals surface area contributed by atoms with E-state index in [9.17, 15) is 0 Å². The summed E-state index contributed by atoms with van der Waals surface area (Å²) in [5.41, 5.74) is 0.511. The molecule has 82 valence electrons. The van der Waals surface area contributed by atoms with Gasteiger partial charge in [0.05, 0.1) is 0 Å². The first-order chi connectivity index (χ1) is 6.00. The molecule has 0 amide bonds. The van der Waals surface area contributed by atoms with Gasteiger partial charge >= 0.3 is 0 Å². The number of rotatable bonds is 5. The molecule has 0 rings (SSSR count). The van der Waals surface area contributed by atoms with Gasteiger partial charge in [-0.25, -0.2) is 0 Å². The SMILES string of the molecule is CC.CNCCCC(C)(C)C(C)C. The minimum Gasteiger partial charge on any atom is -0.320 e. The van der Waals surface area contributed by atoms with Gasteiger partial charge in [-0.3, -0.25) is 0 Å². The zero-order valence-corrected chi connectivity index (χ0v) is 10.7. The lowest BCUT2D eigenvalue weighted by Gasteiger charge is -2.29. The molecular weight excluding hydrogens is 158 g/mol. The molecule has 0 bridgehead atoms. The molecule has 1 nitrogen and oxygen atoms in total. The van der Waals surface area contributed by atoms with Gasteiger partial charge in [-0.2, -0.15) is 0 Å². The molecule has 0 fully saturated rings. The van der Waals surface area contributed by atoms with Crippen molar-refractivity contribution in [2.45, 2.75) is 54.4 Å². The summed E-state index contributed by atoms with van der Waals surface area (Å²) in [6.45, 7) is 14.5. The first kappa shape index (κ1) is 15.4. The maximum absolute atomic E-state index is 3.18. The van der Waals surface area contributed by atoms with Crippen LogP contribution in [0.25, 0.3) is 0 Å². The van der Waals surface area contributed by atoms with Crippen molar-refractivity contribution in [2.24, 2.45) is 11.3 Å². The van der Waals surface area contributed by atoms with E-state index in [0.717, 1.165) is 12.5 Å². The fourth-order valence-electron chi connectivity index (χ4n) is 1.01. The molecule has 0 spiro atoms. The van der Waals surface area contributed by atoms with Crippen LogP contribution in [0.1, 0.15) is 54.4 Å². The average molecular weight is 187 g/mol. The van der Waals surface area contributed by atoms with E-state index in [2.05, 4.69) is 33.0 Å². The van der Waals surface area contributed by atoms with E-state index in [1.165, 1.54) is 12.8 Å². The summed E-state index contributed by atoms with van der Waals surface area (Å²) in [6.07, 6.45) is 2.62. The topological polar surface area (TPSA) is 12.0 Å². The van der Waals surface area contributed by atoms with Crippen molar-refractivity contribution in [3.8, 4) is 0 Å². The second-order valence-corrected chi connectivity index (χ2v) is 4.35. The van der Waals surface area contributed by atoms with E-state index in [1.54, 1.807) is 0 Å². The molecule has 0 saturated carbocycles. The fourth-order valence-corrected chi connectivity index (χ4v) is 1.01. The molecule has 1 N–H and O–H groups in total. The van der Waals surface area contributed by atoms with Crippen molar-refractivity contribution in [3.05, 3.63) is 0 Å². The predicted molar refractivity (Wildman–Crippen MR) is 63.1 cm³/mol. The van der Waals surface area contributed by atoms with E-state index >= 15 is 0 Å². The minimum absolute atomic E-state index is 0.511. The Kier molecular flexibility index (Phi) is 10.2. The van der Waals surface area contributed by atoms with Crippen LogP contribution in [0.3, 0.4) is 0 Å². The highest BCUT2D eigenvalue weighted by molar-refractivity contribution is 4.72. The van der Waals surface area contributed by atoms with E-state index in [0.29, 0.717) is 5.41 Å². The van der Waals surface area contributed by atoms with Gasteiger partial charge in [0.1, 0.15) is 0 Å². The molecule has 0 aromatic rings. The summed E-state index contributed by atoms with van der Waals surface area (Å²) >= 11 is 0. The largest absolute Gasteiger partial charge is 0.320 e. The van der Waals surface area contributed by atoms with Crippen LogP contribution in [-0.4, -0.2) is 13.6 Å². The van der Waals surface area contributed by atoms with E-state index in [-0.39, 0.29) is 0 Å². The maximum atomic E-state index is 3.18. The predicted octanol–water partition coefficient (Wildman–Crippen LogP) is 3.69. The molecule has 0 atom stereocenters. The Balaban J connectivity index is 0. The molecule has 0 aromatic carbocycles.